The van der Waals surface area contributed by atoms with Crippen molar-refractivity contribution < 1.29 is 9.90 Å². The van der Waals surface area contributed by atoms with Crippen LogP contribution < -0.4 is 10.2 Å². The van der Waals surface area contributed by atoms with E-state index < -0.39 is 0 Å². The second kappa shape index (κ2) is 6.27. The zero-order valence-electron chi connectivity index (χ0n) is 12.6. The summed E-state index contributed by atoms with van der Waals surface area (Å²) in [6.07, 6.45) is 5.24. The summed E-state index contributed by atoms with van der Waals surface area (Å²) >= 11 is 0. The van der Waals surface area contributed by atoms with Crippen LogP contribution in [0.3, 0.4) is 0 Å². The number of piperidine rings is 1. The standard InChI is InChI=1S/C14H20N6O2/c1-10(22)18-11-3-2-4-19(8-11)13-12-7-17-20(5-6-21)14(12)16-9-15-13/h7,9,11,21H,2-6,8H2,1H3,(H,18,22). The minimum Gasteiger partial charge on any atom is -0.394 e. The van der Waals surface area contributed by atoms with Crippen molar-refractivity contribution >= 4 is 22.8 Å². The zero-order valence-corrected chi connectivity index (χ0v) is 12.6. The van der Waals surface area contributed by atoms with E-state index in [-0.39, 0.29) is 18.6 Å². The minimum atomic E-state index is -0.00421. The fourth-order valence-corrected chi connectivity index (χ4v) is 2.97. The Morgan fingerprint density at radius 1 is 1.50 bits per heavy atom. The number of carbonyl (C=O) groups is 1. The number of nitrogens with zero attached hydrogens (tertiary/aromatic N) is 5. The number of fused-ring (bicyclic) bond motifs is 1. The van der Waals surface area contributed by atoms with E-state index in [0.717, 1.165) is 42.8 Å². The van der Waals surface area contributed by atoms with Crippen LogP contribution in [-0.4, -0.2) is 56.5 Å². The lowest BCUT2D eigenvalue weighted by molar-refractivity contribution is -0.119. The van der Waals surface area contributed by atoms with Crippen LogP contribution in [0.5, 0.6) is 0 Å². The molecule has 1 unspecified atom stereocenters. The molecular weight excluding hydrogens is 284 g/mol. The molecule has 2 aromatic heterocycles. The van der Waals surface area contributed by atoms with E-state index >= 15 is 0 Å². The lowest BCUT2D eigenvalue weighted by Crippen LogP contribution is -2.47. The van der Waals surface area contributed by atoms with Gasteiger partial charge in [0, 0.05) is 26.1 Å². The molecule has 1 atom stereocenters. The Balaban J connectivity index is 1.87. The third-order valence-electron chi connectivity index (χ3n) is 3.85. The molecule has 1 aliphatic rings. The van der Waals surface area contributed by atoms with Crippen molar-refractivity contribution in [1.82, 2.24) is 25.1 Å². The van der Waals surface area contributed by atoms with Gasteiger partial charge < -0.3 is 15.3 Å². The highest BCUT2D eigenvalue weighted by Gasteiger charge is 2.23. The quantitative estimate of drug-likeness (QED) is 0.820. The van der Waals surface area contributed by atoms with Crippen molar-refractivity contribution in [2.24, 2.45) is 0 Å². The molecule has 1 aliphatic heterocycles. The van der Waals surface area contributed by atoms with Crippen LogP contribution in [0.1, 0.15) is 19.8 Å². The molecule has 1 fully saturated rings. The minimum absolute atomic E-state index is 0.00421. The molecular formula is C14H20N6O2. The molecule has 1 amide bonds. The lowest BCUT2D eigenvalue weighted by atomic mass is 10.1. The number of nitrogens with one attached hydrogen (secondary N) is 1. The summed E-state index contributed by atoms with van der Waals surface area (Å²) in [5.41, 5.74) is 0.723. The van der Waals surface area contributed by atoms with Gasteiger partial charge in [0.1, 0.15) is 12.1 Å². The number of aliphatic hydroxyl groups is 1. The molecule has 0 aliphatic carbocycles. The highest BCUT2D eigenvalue weighted by Crippen LogP contribution is 2.25. The first-order valence-corrected chi connectivity index (χ1v) is 7.48. The van der Waals surface area contributed by atoms with Gasteiger partial charge in [0.05, 0.1) is 24.7 Å². The Kier molecular flexibility index (Phi) is 4.19. The van der Waals surface area contributed by atoms with Crippen LogP contribution in [0.2, 0.25) is 0 Å². The van der Waals surface area contributed by atoms with Crippen LogP contribution in [0.4, 0.5) is 5.82 Å². The first kappa shape index (κ1) is 14.7. The number of hydrogen-bond acceptors (Lipinski definition) is 6. The summed E-state index contributed by atoms with van der Waals surface area (Å²) in [4.78, 5) is 22.1. The smallest absolute Gasteiger partial charge is 0.217 e. The summed E-state index contributed by atoms with van der Waals surface area (Å²) < 4.78 is 1.68. The highest BCUT2D eigenvalue weighted by atomic mass is 16.3. The topological polar surface area (TPSA) is 96.2 Å². The number of rotatable bonds is 4. The van der Waals surface area contributed by atoms with Crippen molar-refractivity contribution in [2.45, 2.75) is 32.4 Å². The van der Waals surface area contributed by atoms with Crippen molar-refractivity contribution in [3.8, 4) is 0 Å². The lowest BCUT2D eigenvalue weighted by Gasteiger charge is -2.33. The van der Waals surface area contributed by atoms with Gasteiger partial charge >= 0.3 is 0 Å². The maximum Gasteiger partial charge on any atom is 0.217 e. The molecule has 8 heteroatoms. The molecule has 118 valence electrons. The van der Waals surface area contributed by atoms with E-state index in [9.17, 15) is 4.79 Å². The van der Waals surface area contributed by atoms with Gasteiger partial charge in [0.15, 0.2) is 5.65 Å². The largest absolute Gasteiger partial charge is 0.394 e. The second-order valence-corrected chi connectivity index (χ2v) is 5.51. The molecule has 3 rings (SSSR count). The van der Waals surface area contributed by atoms with Crippen molar-refractivity contribution in [2.75, 3.05) is 24.6 Å². The maximum atomic E-state index is 11.3. The molecule has 22 heavy (non-hydrogen) atoms. The Labute approximate surface area is 128 Å². The van der Waals surface area contributed by atoms with Crippen LogP contribution in [0, 0.1) is 0 Å². The normalized spacial score (nSPS) is 18.6. The molecule has 0 aromatic carbocycles. The van der Waals surface area contributed by atoms with E-state index in [2.05, 4.69) is 25.3 Å². The van der Waals surface area contributed by atoms with Crippen LogP contribution in [0.15, 0.2) is 12.5 Å². The number of anilines is 1. The van der Waals surface area contributed by atoms with Crippen molar-refractivity contribution in [3.63, 3.8) is 0 Å². The highest BCUT2D eigenvalue weighted by molar-refractivity contribution is 5.86. The van der Waals surface area contributed by atoms with Crippen LogP contribution >= 0.6 is 0 Å². The summed E-state index contributed by atoms with van der Waals surface area (Å²) in [7, 11) is 0. The number of hydrogen-bond donors (Lipinski definition) is 2. The summed E-state index contributed by atoms with van der Waals surface area (Å²) in [5, 5.41) is 17.2. The summed E-state index contributed by atoms with van der Waals surface area (Å²) in [6, 6.07) is 0.142. The summed E-state index contributed by atoms with van der Waals surface area (Å²) in [6.45, 7) is 3.60. The Bertz CT molecular complexity index is 670. The van der Waals surface area contributed by atoms with Gasteiger partial charge in [-0.3, -0.25) is 4.79 Å². The van der Waals surface area contributed by atoms with Crippen molar-refractivity contribution in [3.05, 3.63) is 12.5 Å². The van der Waals surface area contributed by atoms with E-state index in [1.165, 1.54) is 6.33 Å². The van der Waals surface area contributed by atoms with Gasteiger partial charge in [-0.15, -0.1) is 0 Å². The monoisotopic (exact) mass is 304 g/mol. The molecule has 0 bridgehead atoms. The van der Waals surface area contributed by atoms with Gasteiger partial charge in [0.2, 0.25) is 5.91 Å². The van der Waals surface area contributed by atoms with E-state index in [4.69, 9.17) is 5.11 Å². The van der Waals surface area contributed by atoms with E-state index in [0.29, 0.717) is 6.54 Å². The number of aromatic nitrogens is 4. The Hall–Kier alpha value is -2.22. The fraction of sp³-hybridized carbons (Fsp3) is 0.571. The van der Waals surface area contributed by atoms with Gasteiger partial charge in [-0.25, -0.2) is 14.6 Å². The predicted octanol–water partition coefficient (Wildman–Crippen LogP) is -0.0765. The van der Waals surface area contributed by atoms with Gasteiger partial charge in [-0.05, 0) is 12.8 Å². The van der Waals surface area contributed by atoms with Gasteiger partial charge in [-0.2, -0.15) is 5.10 Å². The first-order chi connectivity index (χ1) is 10.7. The molecule has 0 radical (unpaired) electrons. The van der Waals surface area contributed by atoms with Crippen LogP contribution in [-0.2, 0) is 11.3 Å². The number of amides is 1. The Morgan fingerprint density at radius 2 is 2.36 bits per heavy atom. The first-order valence-electron chi connectivity index (χ1n) is 7.48. The Morgan fingerprint density at radius 3 is 3.14 bits per heavy atom. The molecule has 8 nitrogen and oxygen atoms in total. The average molecular weight is 304 g/mol. The van der Waals surface area contributed by atoms with E-state index in [1.807, 2.05) is 0 Å². The SMILES string of the molecule is CC(=O)NC1CCCN(c2ncnc3c2cnn3CCO)C1. The number of aliphatic hydroxyl groups excluding tert-OH is 1. The molecule has 1 saturated heterocycles. The average Bonchev–Trinajstić information content (AvgIpc) is 2.90. The van der Waals surface area contributed by atoms with Crippen LogP contribution in [0.25, 0.3) is 11.0 Å². The molecule has 0 saturated carbocycles. The maximum absolute atomic E-state index is 11.3. The zero-order chi connectivity index (χ0) is 15.5. The fourth-order valence-electron chi connectivity index (χ4n) is 2.97. The van der Waals surface area contributed by atoms with E-state index in [1.54, 1.807) is 17.8 Å². The second-order valence-electron chi connectivity index (χ2n) is 5.51. The molecule has 0 spiro atoms. The van der Waals surface area contributed by atoms with Crippen molar-refractivity contribution in [1.29, 1.82) is 0 Å². The van der Waals surface area contributed by atoms with Gasteiger partial charge in [0.25, 0.3) is 0 Å². The molecule has 2 N–H and O–H groups in total. The summed E-state index contributed by atoms with van der Waals surface area (Å²) in [5.74, 6) is 0.833. The molecule has 2 aromatic rings. The third kappa shape index (κ3) is 2.87. The van der Waals surface area contributed by atoms with Gasteiger partial charge in [-0.1, -0.05) is 0 Å². The number of carbonyl (C=O) groups excluding carboxylic acids is 1. The third-order valence-corrected chi connectivity index (χ3v) is 3.85. The predicted molar refractivity (Wildman–Crippen MR) is 81.5 cm³/mol. The molecule has 3 heterocycles.